The summed E-state index contributed by atoms with van der Waals surface area (Å²) in [6.45, 7) is 4.29. The van der Waals surface area contributed by atoms with Gasteiger partial charge in [0.25, 0.3) is 0 Å². The van der Waals surface area contributed by atoms with Gasteiger partial charge in [0.05, 0.1) is 13.0 Å². The van der Waals surface area contributed by atoms with E-state index in [1.807, 2.05) is 0 Å². The standard InChI is InChI=1S/C42H80N2O8/c1-3-5-7-9-11-13-15-16-17-18-19-21-23-25-27-29-33-44(37(47)30-28-26-24-22-20-14-12-10-8-6-4-2)42-39(43-36(46)31-32-38(48)49)41(51)40(50)35(34-45)52-42/h35,39-42,45,50-51H,3-34H2,1-2H3,(H,43,46)(H,48,49)/t35-,39-,40-,41-,42-/m1/s1. The van der Waals surface area contributed by atoms with E-state index < -0.39 is 49.1 Å². The fourth-order valence-corrected chi connectivity index (χ4v) is 7.31. The number of amides is 2. The molecule has 10 heteroatoms. The molecule has 306 valence electrons. The van der Waals surface area contributed by atoms with Crippen LogP contribution in [0.25, 0.3) is 0 Å². The third-order valence-electron chi connectivity index (χ3n) is 10.7. The van der Waals surface area contributed by atoms with Crippen molar-refractivity contribution in [1.29, 1.82) is 0 Å². The second-order valence-electron chi connectivity index (χ2n) is 15.4. The van der Waals surface area contributed by atoms with Crippen LogP contribution in [0.3, 0.4) is 0 Å². The highest BCUT2D eigenvalue weighted by Gasteiger charge is 2.48. The molecule has 0 bridgehead atoms. The van der Waals surface area contributed by atoms with Crippen LogP contribution >= 0.6 is 0 Å². The van der Waals surface area contributed by atoms with E-state index in [9.17, 15) is 29.7 Å². The third-order valence-corrected chi connectivity index (χ3v) is 10.7. The zero-order chi connectivity index (χ0) is 38.2. The Labute approximate surface area is 317 Å². The summed E-state index contributed by atoms with van der Waals surface area (Å²) < 4.78 is 6.04. The van der Waals surface area contributed by atoms with Crippen LogP contribution in [0.1, 0.15) is 206 Å². The van der Waals surface area contributed by atoms with Gasteiger partial charge in [0.15, 0.2) is 6.23 Å². The van der Waals surface area contributed by atoms with Crippen molar-refractivity contribution in [2.45, 2.75) is 237 Å². The Hall–Kier alpha value is -1.75. The van der Waals surface area contributed by atoms with Gasteiger partial charge in [-0.15, -0.1) is 0 Å². The summed E-state index contributed by atoms with van der Waals surface area (Å²) in [5.41, 5.74) is 0. The van der Waals surface area contributed by atoms with Crippen molar-refractivity contribution in [2.75, 3.05) is 13.2 Å². The first-order valence-electron chi connectivity index (χ1n) is 21.7. The highest BCUT2D eigenvalue weighted by Crippen LogP contribution is 2.26. The van der Waals surface area contributed by atoms with Gasteiger partial charge in [0, 0.05) is 19.4 Å². The van der Waals surface area contributed by atoms with Crippen LogP contribution in [0, 0.1) is 0 Å². The van der Waals surface area contributed by atoms with E-state index in [0.29, 0.717) is 13.0 Å². The molecule has 5 atom stereocenters. The Kier molecular flexibility index (Phi) is 30.3. The zero-order valence-electron chi connectivity index (χ0n) is 33.4. The van der Waals surface area contributed by atoms with Crippen molar-refractivity contribution in [1.82, 2.24) is 10.2 Å². The summed E-state index contributed by atoms with van der Waals surface area (Å²) in [5, 5.41) is 43.3. The fraction of sp³-hybridized carbons (Fsp3) is 0.929. The molecule has 1 rings (SSSR count). The minimum Gasteiger partial charge on any atom is -0.481 e. The number of nitrogens with zero attached hydrogens (tertiary/aromatic N) is 1. The van der Waals surface area contributed by atoms with Crippen molar-refractivity contribution in [3.63, 3.8) is 0 Å². The number of carboxylic acid groups (broad SMARTS) is 1. The largest absolute Gasteiger partial charge is 0.481 e. The number of carboxylic acids is 1. The predicted molar refractivity (Wildman–Crippen MR) is 209 cm³/mol. The van der Waals surface area contributed by atoms with E-state index >= 15 is 0 Å². The lowest BCUT2D eigenvalue weighted by Gasteiger charge is -2.47. The maximum atomic E-state index is 13.8. The second-order valence-corrected chi connectivity index (χ2v) is 15.4. The topological polar surface area (TPSA) is 157 Å². The van der Waals surface area contributed by atoms with Gasteiger partial charge in [-0.2, -0.15) is 0 Å². The Morgan fingerprint density at radius 1 is 0.558 bits per heavy atom. The van der Waals surface area contributed by atoms with Crippen molar-refractivity contribution in [2.24, 2.45) is 0 Å². The summed E-state index contributed by atoms with van der Waals surface area (Å²) in [5.74, 6) is -1.89. The van der Waals surface area contributed by atoms with E-state index in [0.717, 1.165) is 51.4 Å². The lowest BCUT2D eigenvalue weighted by molar-refractivity contribution is -0.231. The van der Waals surface area contributed by atoms with Gasteiger partial charge in [-0.1, -0.05) is 174 Å². The predicted octanol–water partition coefficient (Wildman–Crippen LogP) is 8.57. The van der Waals surface area contributed by atoms with E-state index in [1.165, 1.54) is 122 Å². The van der Waals surface area contributed by atoms with Gasteiger partial charge >= 0.3 is 5.97 Å². The lowest BCUT2D eigenvalue weighted by atomic mass is 9.94. The van der Waals surface area contributed by atoms with Crippen LogP contribution in [-0.4, -0.2) is 86.8 Å². The molecule has 10 nitrogen and oxygen atoms in total. The Morgan fingerprint density at radius 2 is 0.962 bits per heavy atom. The van der Waals surface area contributed by atoms with E-state index in [-0.39, 0.29) is 18.7 Å². The molecule has 1 aliphatic heterocycles. The summed E-state index contributed by atoms with van der Waals surface area (Å²) in [7, 11) is 0. The van der Waals surface area contributed by atoms with Crippen molar-refractivity contribution < 1.29 is 39.5 Å². The maximum Gasteiger partial charge on any atom is 0.303 e. The van der Waals surface area contributed by atoms with Crippen LogP contribution < -0.4 is 5.32 Å². The number of hydrogen-bond acceptors (Lipinski definition) is 7. The molecule has 0 spiro atoms. The number of unbranched alkanes of at least 4 members (excludes halogenated alkanes) is 25. The van der Waals surface area contributed by atoms with Gasteiger partial charge in [-0.05, 0) is 12.8 Å². The van der Waals surface area contributed by atoms with Crippen LogP contribution in [-0.2, 0) is 19.1 Å². The molecule has 0 unspecified atom stereocenters. The first kappa shape index (κ1) is 48.3. The number of carbonyl (C=O) groups is 3. The molecule has 0 aliphatic carbocycles. The molecule has 0 aromatic heterocycles. The number of ether oxygens (including phenoxy) is 1. The molecule has 1 fully saturated rings. The molecule has 5 N–H and O–H groups in total. The number of hydrogen-bond donors (Lipinski definition) is 5. The number of aliphatic hydroxyl groups is 3. The molecule has 1 saturated heterocycles. The number of rotatable bonds is 35. The van der Waals surface area contributed by atoms with Crippen molar-refractivity contribution >= 4 is 17.8 Å². The van der Waals surface area contributed by atoms with Gasteiger partial charge in [-0.25, -0.2) is 0 Å². The lowest BCUT2D eigenvalue weighted by Crippen LogP contribution is -2.68. The summed E-state index contributed by atoms with van der Waals surface area (Å²) in [6.07, 6.45) is 27.0. The first-order valence-corrected chi connectivity index (χ1v) is 21.7. The molecule has 0 saturated carbocycles. The van der Waals surface area contributed by atoms with Crippen LogP contribution in [0.15, 0.2) is 0 Å². The van der Waals surface area contributed by atoms with Gasteiger partial charge < -0.3 is 35.4 Å². The molecular weight excluding hydrogens is 660 g/mol. The molecule has 1 heterocycles. The molecule has 0 aromatic rings. The molecule has 1 aliphatic rings. The quantitative estimate of drug-likeness (QED) is 0.0405. The average molecular weight is 741 g/mol. The van der Waals surface area contributed by atoms with Crippen LogP contribution in [0.2, 0.25) is 0 Å². The van der Waals surface area contributed by atoms with Crippen molar-refractivity contribution in [3.8, 4) is 0 Å². The minimum atomic E-state index is -1.51. The Balaban J connectivity index is 2.65. The first-order chi connectivity index (χ1) is 25.3. The molecular formula is C42H80N2O8. The monoisotopic (exact) mass is 741 g/mol. The van der Waals surface area contributed by atoms with Gasteiger partial charge in [0.1, 0.15) is 24.4 Å². The Bertz CT molecular complexity index is 890. The smallest absolute Gasteiger partial charge is 0.303 e. The van der Waals surface area contributed by atoms with Gasteiger partial charge in [0.2, 0.25) is 11.8 Å². The molecule has 0 radical (unpaired) electrons. The number of aliphatic carboxylic acids is 1. The zero-order valence-corrected chi connectivity index (χ0v) is 33.4. The summed E-state index contributed by atoms with van der Waals surface area (Å²) in [4.78, 5) is 39.1. The average Bonchev–Trinajstić information content (AvgIpc) is 3.13. The van der Waals surface area contributed by atoms with E-state index in [2.05, 4.69) is 19.2 Å². The molecule has 0 aromatic carbocycles. The number of carbonyl (C=O) groups excluding carboxylic acids is 2. The van der Waals surface area contributed by atoms with Crippen LogP contribution in [0.5, 0.6) is 0 Å². The Morgan fingerprint density at radius 3 is 1.37 bits per heavy atom. The minimum absolute atomic E-state index is 0.146. The van der Waals surface area contributed by atoms with Crippen molar-refractivity contribution in [3.05, 3.63) is 0 Å². The normalized spacial score (nSPS) is 20.2. The van der Waals surface area contributed by atoms with Gasteiger partial charge in [-0.3, -0.25) is 14.4 Å². The van der Waals surface area contributed by atoms with E-state index in [4.69, 9.17) is 9.84 Å². The maximum absolute atomic E-state index is 13.8. The third kappa shape index (κ3) is 23.1. The number of aliphatic hydroxyl groups excluding tert-OH is 3. The SMILES string of the molecule is CCCCCCCCCCCCCCCCCCN(C(=O)CCCCCCCCCCCCC)[C@@H]1O[C@H](CO)[C@@H](O)[C@H](O)[C@H]1NC(=O)CCC(=O)O. The highest BCUT2D eigenvalue weighted by atomic mass is 16.5. The second kappa shape index (κ2) is 32.7. The summed E-state index contributed by atoms with van der Waals surface area (Å²) in [6, 6.07) is -1.17. The number of nitrogens with one attached hydrogen (secondary N) is 1. The fourth-order valence-electron chi connectivity index (χ4n) is 7.31. The highest BCUT2D eigenvalue weighted by molar-refractivity contribution is 5.81. The molecule has 2 amide bonds. The summed E-state index contributed by atoms with van der Waals surface area (Å²) >= 11 is 0. The molecule has 52 heavy (non-hydrogen) atoms. The van der Waals surface area contributed by atoms with Crippen LogP contribution in [0.4, 0.5) is 0 Å². The van der Waals surface area contributed by atoms with E-state index in [1.54, 1.807) is 4.90 Å².